The molecule has 3 rings (SSSR count). The molecule has 3 heterocycles. The van der Waals surface area contributed by atoms with Crippen molar-refractivity contribution >= 4 is 5.97 Å². The number of carbonyl (C=O) groups is 1. The number of nitrogens with zero attached hydrogens (tertiary/aromatic N) is 4. The highest BCUT2D eigenvalue weighted by Crippen LogP contribution is 2.26. The highest BCUT2D eigenvalue weighted by atomic mass is 19.4. The lowest BCUT2D eigenvalue weighted by Gasteiger charge is -2.39. The number of aromatic nitrogens is 3. The topological polar surface area (TPSA) is 80.5 Å². The number of hydrogen-bond donors (Lipinski definition) is 1. The minimum absolute atomic E-state index is 0.545. The average molecular weight is 406 g/mol. The van der Waals surface area contributed by atoms with Gasteiger partial charge in [0.1, 0.15) is 0 Å². The van der Waals surface area contributed by atoms with Crippen molar-refractivity contribution in [3.05, 3.63) is 11.9 Å². The first-order chi connectivity index (χ1) is 13.3. The van der Waals surface area contributed by atoms with Crippen LogP contribution in [0.25, 0.3) is 0 Å². The van der Waals surface area contributed by atoms with Crippen LogP contribution in [0, 0.1) is 0 Å². The lowest BCUT2D eigenvalue weighted by Crippen LogP contribution is -2.44. The number of carboxylic acids is 1. The highest BCUT2D eigenvalue weighted by molar-refractivity contribution is 5.73. The van der Waals surface area contributed by atoms with Crippen molar-refractivity contribution in [3.8, 4) is 0 Å². The van der Waals surface area contributed by atoms with Crippen LogP contribution in [0.2, 0.25) is 0 Å². The number of carboxylic acid groups (broad SMARTS) is 1. The van der Waals surface area contributed by atoms with Crippen LogP contribution in [0.3, 0.4) is 0 Å². The first-order valence-electron chi connectivity index (χ1n) is 9.84. The highest BCUT2D eigenvalue weighted by Gasteiger charge is 2.38. The Morgan fingerprint density at radius 2 is 1.82 bits per heavy atom. The number of aryl methyl sites for hydroxylation is 1. The summed E-state index contributed by atoms with van der Waals surface area (Å²) in [4.78, 5) is 11.6. The monoisotopic (exact) mass is 406 g/mol. The second-order valence-electron chi connectivity index (χ2n) is 7.21. The SMILES string of the molecule is CCCCc1cn(C2CCN(C3CCOCC3)CC2)nn1.O=C(O)C(F)(F)F. The minimum atomic E-state index is -5.08. The maximum absolute atomic E-state index is 10.6. The molecule has 0 aliphatic carbocycles. The summed E-state index contributed by atoms with van der Waals surface area (Å²) >= 11 is 0. The molecule has 0 amide bonds. The average Bonchev–Trinajstić information content (AvgIpc) is 3.16. The summed E-state index contributed by atoms with van der Waals surface area (Å²) in [7, 11) is 0. The number of rotatable bonds is 5. The molecule has 0 spiro atoms. The second-order valence-corrected chi connectivity index (χ2v) is 7.21. The van der Waals surface area contributed by atoms with Crippen molar-refractivity contribution < 1.29 is 27.8 Å². The van der Waals surface area contributed by atoms with E-state index >= 15 is 0 Å². The molecule has 2 saturated heterocycles. The molecule has 0 radical (unpaired) electrons. The van der Waals surface area contributed by atoms with E-state index in [1.165, 1.54) is 51.6 Å². The lowest BCUT2D eigenvalue weighted by molar-refractivity contribution is -0.192. The van der Waals surface area contributed by atoms with Gasteiger partial charge in [0, 0.05) is 38.5 Å². The van der Waals surface area contributed by atoms with Gasteiger partial charge in [-0.3, -0.25) is 0 Å². The van der Waals surface area contributed by atoms with Crippen LogP contribution < -0.4 is 0 Å². The molecule has 2 aliphatic heterocycles. The molecule has 1 aromatic rings. The number of likely N-dealkylation sites (tertiary alicyclic amines) is 1. The van der Waals surface area contributed by atoms with Crippen molar-refractivity contribution in [3.63, 3.8) is 0 Å². The summed E-state index contributed by atoms with van der Waals surface area (Å²) in [6.07, 6.45) is 5.39. The van der Waals surface area contributed by atoms with E-state index in [0.717, 1.165) is 31.4 Å². The third-order valence-electron chi connectivity index (χ3n) is 5.17. The largest absolute Gasteiger partial charge is 0.490 e. The molecule has 7 nitrogen and oxygen atoms in total. The van der Waals surface area contributed by atoms with Gasteiger partial charge in [-0.2, -0.15) is 13.2 Å². The van der Waals surface area contributed by atoms with Crippen LogP contribution in [0.15, 0.2) is 6.20 Å². The molecule has 0 saturated carbocycles. The molecule has 1 aromatic heterocycles. The predicted octanol–water partition coefficient (Wildman–Crippen LogP) is 3.07. The van der Waals surface area contributed by atoms with Crippen molar-refractivity contribution in [2.45, 2.75) is 70.1 Å². The Balaban J connectivity index is 0.000000345. The number of aliphatic carboxylic acids is 1. The fraction of sp³-hybridized carbons (Fsp3) is 0.833. The molecule has 160 valence electrons. The van der Waals surface area contributed by atoms with Crippen molar-refractivity contribution in [1.29, 1.82) is 0 Å². The molecule has 2 aliphatic rings. The van der Waals surface area contributed by atoms with Crippen molar-refractivity contribution in [1.82, 2.24) is 19.9 Å². The van der Waals surface area contributed by atoms with E-state index in [2.05, 4.69) is 33.0 Å². The predicted molar refractivity (Wildman–Crippen MR) is 96.0 cm³/mol. The summed E-state index contributed by atoms with van der Waals surface area (Å²) in [6.45, 7) is 6.48. The third-order valence-corrected chi connectivity index (χ3v) is 5.17. The molecule has 0 bridgehead atoms. The minimum Gasteiger partial charge on any atom is -0.475 e. The maximum atomic E-state index is 10.6. The molecule has 0 aromatic carbocycles. The number of piperidine rings is 1. The van der Waals surface area contributed by atoms with Gasteiger partial charge in [0.2, 0.25) is 0 Å². The Morgan fingerprint density at radius 1 is 1.21 bits per heavy atom. The van der Waals surface area contributed by atoms with Gasteiger partial charge < -0.3 is 14.7 Å². The van der Waals surface area contributed by atoms with Gasteiger partial charge in [-0.1, -0.05) is 18.6 Å². The fourth-order valence-electron chi connectivity index (χ4n) is 3.53. The van der Waals surface area contributed by atoms with Gasteiger partial charge in [0.05, 0.1) is 11.7 Å². The van der Waals surface area contributed by atoms with E-state index in [9.17, 15) is 13.2 Å². The smallest absolute Gasteiger partial charge is 0.475 e. The number of alkyl halides is 3. The van der Waals surface area contributed by atoms with Crippen LogP contribution in [-0.4, -0.2) is 69.5 Å². The van der Waals surface area contributed by atoms with Crippen molar-refractivity contribution in [2.75, 3.05) is 26.3 Å². The van der Waals surface area contributed by atoms with Crippen LogP contribution in [0.1, 0.15) is 57.2 Å². The Kier molecular flexibility index (Phi) is 8.68. The first kappa shape index (κ1) is 22.6. The number of ether oxygens (including phenoxy) is 1. The summed E-state index contributed by atoms with van der Waals surface area (Å²) in [5.41, 5.74) is 1.16. The Labute approximate surface area is 162 Å². The fourth-order valence-corrected chi connectivity index (χ4v) is 3.53. The van der Waals surface area contributed by atoms with E-state index in [-0.39, 0.29) is 0 Å². The van der Waals surface area contributed by atoms with Gasteiger partial charge in [0.25, 0.3) is 0 Å². The molecular weight excluding hydrogens is 377 g/mol. The van der Waals surface area contributed by atoms with E-state index in [1.807, 2.05) is 0 Å². The van der Waals surface area contributed by atoms with E-state index < -0.39 is 12.1 Å². The van der Waals surface area contributed by atoms with Crippen LogP contribution in [-0.2, 0) is 16.0 Å². The van der Waals surface area contributed by atoms with E-state index in [1.54, 1.807) is 0 Å². The van der Waals surface area contributed by atoms with Crippen molar-refractivity contribution in [2.24, 2.45) is 0 Å². The van der Waals surface area contributed by atoms with Gasteiger partial charge >= 0.3 is 12.1 Å². The van der Waals surface area contributed by atoms with Gasteiger partial charge in [-0.05, 0) is 38.5 Å². The normalized spacial score (nSPS) is 19.9. The Bertz CT molecular complexity index is 595. The van der Waals surface area contributed by atoms with Crippen LogP contribution in [0.4, 0.5) is 13.2 Å². The lowest BCUT2D eigenvalue weighted by atomic mass is 10.00. The first-order valence-corrected chi connectivity index (χ1v) is 9.84. The molecule has 28 heavy (non-hydrogen) atoms. The number of unbranched alkanes of at least 4 members (excludes halogenated alkanes) is 1. The quantitative estimate of drug-likeness (QED) is 0.810. The summed E-state index contributed by atoms with van der Waals surface area (Å²) in [5.74, 6) is -2.76. The zero-order chi connectivity index (χ0) is 20.6. The molecule has 0 atom stereocenters. The number of hydrogen-bond acceptors (Lipinski definition) is 5. The molecule has 10 heteroatoms. The zero-order valence-corrected chi connectivity index (χ0v) is 16.2. The Morgan fingerprint density at radius 3 is 2.36 bits per heavy atom. The van der Waals surface area contributed by atoms with Crippen LogP contribution >= 0.6 is 0 Å². The molecule has 1 N–H and O–H groups in total. The zero-order valence-electron chi connectivity index (χ0n) is 16.2. The molecular formula is C18H29F3N4O3. The summed E-state index contributed by atoms with van der Waals surface area (Å²) < 4.78 is 39.3. The maximum Gasteiger partial charge on any atom is 0.490 e. The molecule has 0 unspecified atom stereocenters. The molecule has 2 fully saturated rings. The third kappa shape index (κ3) is 7.05. The standard InChI is InChI=1S/C16H28N4O.C2HF3O2/c1-2-3-4-14-13-20(18-17-14)16-5-9-19(10-6-16)15-7-11-21-12-8-15;3-2(4,5)1(6)7/h13,15-16H,2-12H2,1H3;(H,6,7). The van der Waals surface area contributed by atoms with Gasteiger partial charge in [-0.25, -0.2) is 9.48 Å². The van der Waals surface area contributed by atoms with Gasteiger partial charge in [-0.15, -0.1) is 5.10 Å². The van der Waals surface area contributed by atoms with Crippen LogP contribution in [0.5, 0.6) is 0 Å². The Hall–Kier alpha value is -1.68. The second kappa shape index (κ2) is 10.8. The summed E-state index contributed by atoms with van der Waals surface area (Å²) in [6, 6.07) is 1.29. The van der Waals surface area contributed by atoms with E-state index in [0.29, 0.717) is 6.04 Å². The number of halogens is 3. The van der Waals surface area contributed by atoms with Gasteiger partial charge in [0.15, 0.2) is 0 Å². The summed E-state index contributed by atoms with van der Waals surface area (Å²) in [5, 5.41) is 15.8. The van der Waals surface area contributed by atoms with E-state index in [4.69, 9.17) is 14.6 Å².